The minimum atomic E-state index is 0.296. The number of aromatic nitrogens is 1. The Labute approximate surface area is 145 Å². The number of nitrogens with one attached hydrogen (secondary N) is 3. The maximum atomic E-state index is 5.42. The Morgan fingerprint density at radius 1 is 1.26 bits per heavy atom. The van der Waals surface area contributed by atoms with Crippen LogP contribution in [0.5, 0.6) is 0 Å². The third-order valence-corrected chi connectivity index (χ3v) is 5.51. The van der Waals surface area contributed by atoms with Gasteiger partial charge in [-0.05, 0) is 48.1 Å². The lowest BCUT2D eigenvalue weighted by atomic mass is 9.97. The van der Waals surface area contributed by atoms with Gasteiger partial charge >= 0.3 is 0 Å². The van der Waals surface area contributed by atoms with E-state index in [0.29, 0.717) is 12.0 Å². The Hall–Kier alpha value is -1.85. The molecular formula is C18H19N3S2. The van der Waals surface area contributed by atoms with Crippen LogP contribution in [0.25, 0.3) is 10.9 Å². The molecule has 0 spiro atoms. The second kappa shape index (κ2) is 6.34. The number of hydrogen-bond acceptors (Lipinski definition) is 2. The third-order valence-electron chi connectivity index (χ3n) is 4.26. The van der Waals surface area contributed by atoms with Crippen molar-refractivity contribution in [2.45, 2.75) is 24.8 Å². The van der Waals surface area contributed by atoms with E-state index in [2.05, 4.69) is 63.6 Å². The highest BCUT2D eigenvalue weighted by atomic mass is 32.1. The fourth-order valence-electron chi connectivity index (χ4n) is 2.89. The second-order valence-electron chi connectivity index (χ2n) is 5.99. The second-order valence-corrected chi connectivity index (χ2v) is 7.37. The Bertz CT molecular complexity index is 803. The van der Waals surface area contributed by atoms with Gasteiger partial charge in [-0.25, -0.2) is 0 Å². The highest BCUT2D eigenvalue weighted by Gasteiger charge is 2.23. The van der Waals surface area contributed by atoms with E-state index in [0.717, 1.165) is 11.7 Å². The standard InChI is InChI=1S/C18H19N3S2/c22-18(21-12-7-8-12)20-11-15(17-6-3-9-23-17)14-10-19-16-5-2-1-4-13(14)16/h1-6,9-10,12,15,19H,7-8,11H2,(H2,20,21,22). The number of aromatic amines is 1. The van der Waals surface area contributed by atoms with E-state index in [9.17, 15) is 0 Å². The molecule has 1 unspecified atom stereocenters. The Kier molecular flexibility index (Phi) is 4.06. The van der Waals surface area contributed by atoms with Crippen LogP contribution in [0.1, 0.15) is 29.2 Å². The van der Waals surface area contributed by atoms with Gasteiger partial charge in [0.15, 0.2) is 5.11 Å². The molecule has 3 N–H and O–H groups in total. The summed E-state index contributed by atoms with van der Waals surface area (Å²) < 4.78 is 0. The van der Waals surface area contributed by atoms with Crippen LogP contribution in [-0.2, 0) is 0 Å². The van der Waals surface area contributed by atoms with Gasteiger partial charge in [0.2, 0.25) is 0 Å². The Morgan fingerprint density at radius 3 is 2.91 bits per heavy atom. The average molecular weight is 342 g/mol. The molecule has 0 amide bonds. The number of rotatable bonds is 5. The van der Waals surface area contributed by atoms with Gasteiger partial charge in [0.05, 0.1) is 0 Å². The van der Waals surface area contributed by atoms with Crippen molar-refractivity contribution in [2.24, 2.45) is 0 Å². The Morgan fingerprint density at radius 2 is 2.13 bits per heavy atom. The van der Waals surface area contributed by atoms with Crippen molar-refractivity contribution < 1.29 is 0 Å². The molecule has 1 aliphatic carbocycles. The van der Waals surface area contributed by atoms with Crippen molar-refractivity contribution in [3.8, 4) is 0 Å². The minimum Gasteiger partial charge on any atom is -0.362 e. The largest absolute Gasteiger partial charge is 0.362 e. The van der Waals surface area contributed by atoms with Gasteiger partial charge in [0, 0.05) is 40.5 Å². The molecule has 1 fully saturated rings. The summed E-state index contributed by atoms with van der Waals surface area (Å²) in [4.78, 5) is 4.75. The summed E-state index contributed by atoms with van der Waals surface area (Å²) in [5.74, 6) is 0.296. The van der Waals surface area contributed by atoms with Gasteiger partial charge in [-0.3, -0.25) is 0 Å². The maximum absolute atomic E-state index is 5.42. The van der Waals surface area contributed by atoms with Crippen molar-refractivity contribution in [1.29, 1.82) is 0 Å². The topological polar surface area (TPSA) is 39.9 Å². The van der Waals surface area contributed by atoms with E-state index < -0.39 is 0 Å². The average Bonchev–Trinajstić information content (AvgIpc) is 3.05. The van der Waals surface area contributed by atoms with E-state index in [-0.39, 0.29) is 0 Å². The van der Waals surface area contributed by atoms with Crippen molar-refractivity contribution in [1.82, 2.24) is 15.6 Å². The molecular weight excluding hydrogens is 322 g/mol. The van der Waals surface area contributed by atoms with Gasteiger partial charge < -0.3 is 15.6 Å². The van der Waals surface area contributed by atoms with Gasteiger partial charge in [-0.15, -0.1) is 11.3 Å². The zero-order valence-electron chi connectivity index (χ0n) is 12.7. The summed E-state index contributed by atoms with van der Waals surface area (Å²) >= 11 is 7.21. The van der Waals surface area contributed by atoms with Crippen LogP contribution in [0, 0.1) is 0 Å². The van der Waals surface area contributed by atoms with Crippen LogP contribution in [0.4, 0.5) is 0 Å². The molecule has 1 saturated carbocycles. The normalized spacial score (nSPS) is 15.5. The first-order valence-electron chi connectivity index (χ1n) is 7.95. The number of fused-ring (bicyclic) bond motifs is 1. The van der Waals surface area contributed by atoms with Crippen LogP contribution in [0.3, 0.4) is 0 Å². The molecule has 2 aromatic heterocycles. The molecule has 1 aromatic carbocycles. The zero-order chi connectivity index (χ0) is 15.6. The van der Waals surface area contributed by atoms with Crippen molar-refractivity contribution in [2.75, 3.05) is 6.54 Å². The third kappa shape index (κ3) is 3.26. The van der Waals surface area contributed by atoms with Crippen LogP contribution < -0.4 is 10.6 Å². The van der Waals surface area contributed by atoms with E-state index >= 15 is 0 Å². The summed E-state index contributed by atoms with van der Waals surface area (Å²) in [6, 6.07) is 13.4. The van der Waals surface area contributed by atoms with E-state index in [1.54, 1.807) is 11.3 Å². The number of benzene rings is 1. The molecule has 0 aliphatic heterocycles. The SMILES string of the molecule is S=C(NCC(c1cccs1)c1c[nH]c2ccccc12)NC1CC1. The number of hydrogen-bond donors (Lipinski definition) is 3. The first-order valence-corrected chi connectivity index (χ1v) is 9.24. The van der Waals surface area contributed by atoms with Crippen LogP contribution in [0.15, 0.2) is 48.0 Å². The van der Waals surface area contributed by atoms with Crippen LogP contribution in [-0.4, -0.2) is 22.7 Å². The maximum Gasteiger partial charge on any atom is 0.166 e. The molecule has 1 aliphatic rings. The molecule has 23 heavy (non-hydrogen) atoms. The molecule has 1 atom stereocenters. The predicted molar refractivity (Wildman–Crippen MR) is 101 cm³/mol. The molecule has 0 bridgehead atoms. The number of H-pyrrole nitrogens is 1. The lowest BCUT2D eigenvalue weighted by Gasteiger charge is -2.18. The van der Waals surface area contributed by atoms with Gasteiger partial charge in [-0.1, -0.05) is 24.3 Å². The molecule has 4 rings (SSSR count). The van der Waals surface area contributed by atoms with Gasteiger partial charge in [0.25, 0.3) is 0 Å². The molecule has 5 heteroatoms. The molecule has 0 radical (unpaired) electrons. The van der Waals surface area contributed by atoms with Crippen molar-refractivity contribution >= 4 is 39.6 Å². The summed E-state index contributed by atoms with van der Waals surface area (Å²) in [6.07, 6.45) is 4.60. The van der Waals surface area contributed by atoms with Crippen molar-refractivity contribution in [3.63, 3.8) is 0 Å². The van der Waals surface area contributed by atoms with Crippen LogP contribution >= 0.6 is 23.6 Å². The Balaban J connectivity index is 1.59. The molecule has 3 nitrogen and oxygen atoms in total. The summed E-state index contributed by atoms with van der Waals surface area (Å²) in [5.41, 5.74) is 2.51. The predicted octanol–water partition coefficient (Wildman–Crippen LogP) is 3.99. The zero-order valence-corrected chi connectivity index (χ0v) is 14.3. The molecule has 2 heterocycles. The smallest absolute Gasteiger partial charge is 0.166 e. The number of thiocarbonyl (C=S) groups is 1. The monoisotopic (exact) mass is 341 g/mol. The first-order chi connectivity index (χ1) is 11.3. The lowest BCUT2D eigenvalue weighted by Crippen LogP contribution is -2.38. The molecule has 3 aromatic rings. The summed E-state index contributed by atoms with van der Waals surface area (Å²) in [7, 11) is 0. The highest BCUT2D eigenvalue weighted by Crippen LogP contribution is 2.32. The highest BCUT2D eigenvalue weighted by molar-refractivity contribution is 7.80. The molecule has 118 valence electrons. The van der Waals surface area contributed by atoms with Gasteiger partial charge in [0.1, 0.15) is 0 Å². The molecule has 0 saturated heterocycles. The van der Waals surface area contributed by atoms with Crippen LogP contribution in [0.2, 0.25) is 0 Å². The lowest BCUT2D eigenvalue weighted by molar-refractivity contribution is 0.751. The fraction of sp³-hybridized carbons (Fsp3) is 0.278. The van der Waals surface area contributed by atoms with Gasteiger partial charge in [-0.2, -0.15) is 0 Å². The van der Waals surface area contributed by atoms with E-state index in [4.69, 9.17) is 12.2 Å². The number of para-hydroxylation sites is 1. The van der Waals surface area contributed by atoms with E-state index in [1.807, 2.05) is 0 Å². The fourth-order valence-corrected chi connectivity index (χ4v) is 3.99. The van der Waals surface area contributed by atoms with E-state index in [1.165, 1.54) is 34.2 Å². The summed E-state index contributed by atoms with van der Waals surface area (Å²) in [5, 5.41) is 11.0. The minimum absolute atomic E-state index is 0.296. The first kappa shape index (κ1) is 14.7. The quantitative estimate of drug-likeness (QED) is 0.615. The number of thiophene rings is 1. The summed E-state index contributed by atoms with van der Waals surface area (Å²) in [6.45, 7) is 0.806. The van der Waals surface area contributed by atoms with Crippen molar-refractivity contribution in [3.05, 3.63) is 58.4 Å².